The lowest BCUT2D eigenvalue weighted by molar-refractivity contribution is -0.122. The van der Waals surface area contributed by atoms with Gasteiger partial charge >= 0.3 is 0 Å². The molecule has 0 heterocycles. The van der Waals surface area contributed by atoms with Gasteiger partial charge in [-0.1, -0.05) is 6.42 Å². The number of carbonyl (C=O) groups is 1. The number of amides is 1. The molecule has 4 N–H and O–H groups in total. The Balaban J connectivity index is 0.00000289. The minimum absolute atomic E-state index is 0. The van der Waals surface area contributed by atoms with Gasteiger partial charge in [0.05, 0.1) is 12.3 Å². The van der Waals surface area contributed by atoms with E-state index in [0.717, 1.165) is 25.5 Å². The van der Waals surface area contributed by atoms with Crippen LogP contribution in [0.4, 0.5) is 0 Å². The van der Waals surface area contributed by atoms with Crippen LogP contribution in [0.3, 0.4) is 0 Å². The van der Waals surface area contributed by atoms with Gasteiger partial charge in [0.2, 0.25) is 15.9 Å². The summed E-state index contributed by atoms with van der Waals surface area (Å²) in [5.41, 5.74) is 5.43. The Bertz CT molecular complexity index is 373. The standard InChI is InChI=1S/C10H21N3O3S.ClH/c1-7(11)10(14)12-6-8-4-3-5-9(8)13-17(2,15)16;/h7-9,13H,3-6,11H2,1-2H3,(H,12,14);1H/t7-,8?,9?;/m0./s1. The first-order valence-corrected chi connectivity index (χ1v) is 7.69. The van der Waals surface area contributed by atoms with Gasteiger partial charge in [-0.3, -0.25) is 4.79 Å². The van der Waals surface area contributed by atoms with Crippen LogP contribution in [0.25, 0.3) is 0 Å². The maximum atomic E-state index is 11.3. The van der Waals surface area contributed by atoms with Gasteiger partial charge in [0.15, 0.2) is 0 Å². The summed E-state index contributed by atoms with van der Waals surface area (Å²) in [6.07, 6.45) is 3.88. The van der Waals surface area contributed by atoms with Crippen molar-refractivity contribution >= 4 is 28.3 Å². The van der Waals surface area contributed by atoms with Crippen LogP contribution in [0.5, 0.6) is 0 Å². The van der Waals surface area contributed by atoms with Crippen LogP contribution in [0.1, 0.15) is 26.2 Å². The fraction of sp³-hybridized carbons (Fsp3) is 0.900. The minimum atomic E-state index is -3.18. The quantitative estimate of drug-likeness (QED) is 0.642. The second-order valence-electron chi connectivity index (χ2n) is 4.72. The van der Waals surface area contributed by atoms with Crippen LogP contribution >= 0.6 is 12.4 Å². The van der Waals surface area contributed by atoms with Crippen molar-refractivity contribution in [3.63, 3.8) is 0 Å². The van der Waals surface area contributed by atoms with Gasteiger partial charge in [0.25, 0.3) is 0 Å². The van der Waals surface area contributed by atoms with Gasteiger partial charge in [-0.25, -0.2) is 13.1 Å². The molecule has 1 aliphatic carbocycles. The number of nitrogens with one attached hydrogen (secondary N) is 2. The second kappa shape index (κ2) is 7.28. The third kappa shape index (κ3) is 5.99. The lowest BCUT2D eigenvalue weighted by atomic mass is 10.0. The molecule has 8 heteroatoms. The van der Waals surface area contributed by atoms with Crippen molar-refractivity contribution < 1.29 is 13.2 Å². The third-order valence-electron chi connectivity index (χ3n) is 2.98. The first kappa shape index (κ1) is 17.6. The summed E-state index contributed by atoms with van der Waals surface area (Å²) in [5, 5.41) is 2.74. The number of hydrogen-bond acceptors (Lipinski definition) is 4. The van der Waals surface area contributed by atoms with Gasteiger partial charge in [-0.15, -0.1) is 12.4 Å². The van der Waals surface area contributed by atoms with Gasteiger partial charge in [0.1, 0.15) is 0 Å². The number of rotatable bonds is 5. The maximum absolute atomic E-state index is 11.3. The fourth-order valence-corrected chi connectivity index (χ4v) is 2.96. The highest BCUT2D eigenvalue weighted by molar-refractivity contribution is 7.88. The molecule has 1 saturated carbocycles. The van der Waals surface area contributed by atoms with Gasteiger partial charge < -0.3 is 11.1 Å². The van der Waals surface area contributed by atoms with E-state index in [9.17, 15) is 13.2 Å². The van der Waals surface area contributed by atoms with Crippen LogP contribution in [0.15, 0.2) is 0 Å². The van der Waals surface area contributed by atoms with Crippen molar-refractivity contribution in [3.8, 4) is 0 Å². The summed E-state index contributed by atoms with van der Waals surface area (Å²) in [4.78, 5) is 11.3. The molecule has 0 bridgehead atoms. The predicted octanol–water partition coefficient (Wildman–Crippen LogP) is -0.410. The average molecular weight is 300 g/mol. The van der Waals surface area contributed by atoms with E-state index in [4.69, 9.17) is 5.73 Å². The van der Waals surface area contributed by atoms with E-state index in [1.807, 2.05) is 0 Å². The van der Waals surface area contributed by atoms with Gasteiger partial charge in [0, 0.05) is 12.6 Å². The topological polar surface area (TPSA) is 101 Å². The van der Waals surface area contributed by atoms with Crippen molar-refractivity contribution in [3.05, 3.63) is 0 Å². The van der Waals surface area contributed by atoms with E-state index < -0.39 is 16.1 Å². The van der Waals surface area contributed by atoms with Crippen LogP contribution in [-0.2, 0) is 14.8 Å². The number of nitrogens with two attached hydrogens (primary N) is 1. The van der Waals surface area contributed by atoms with E-state index in [0.29, 0.717) is 6.54 Å². The van der Waals surface area contributed by atoms with E-state index in [1.54, 1.807) is 6.92 Å². The van der Waals surface area contributed by atoms with Crippen molar-refractivity contribution in [1.82, 2.24) is 10.0 Å². The largest absolute Gasteiger partial charge is 0.354 e. The molecule has 0 saturated heterocycles. The first-order valence-electron chi connectivity index (χ1n) is 5.80. The lowest BCUT2D eigenvalue weighted by Gasteiger charge is -2.20. The van der Waals surface area contributed by atoms with Crippen molar-refractivity contribution in [2.45, 2.75) is 38.3 Å². The lowest BCUT2D eigenvalue weighted by Crippen LogP contribution is -2.45. The molecule has 1 aliphatic rings. The highest BCUT2D eigenvalue weighted by Crippen LogP contribution is 2.25. The molecule has 0 aliphatic heterocycles. The fourth-order valence-electron chi connectivity index (χ4n) is 2.10. The van der Waals surface area contributed by atoms with E-state index in [1.165, 1.54) is 0 Å². The Morgan fingerprint density at radius 1 is 1.44 bits per heavy atom. The normalized spacial score (nSPS) is 25.3. The number of sulfonamides is 1. The Hall–Kier alpha value is -0.370. The minimum Gasteiger partial charge on any atom is -0.354 e. The molecular weight excluding hydrogens is 278 g/mol. The van der Waals surface area contributed by atoms with Crippen molar-refractivity contribution in [2.24, 2.45) is 11.7 Å². The SMILES string of the molecule is C[C@H](N)C(=O)NCC1CCCC1NS(C)(=O)=O.Cl. The van der Waals surface area contributed by atoms with E-state index >= 15 is 0 Å². The van der Waals surface area contributed by atoms with Crippen molar-refractivity contribution in [1.29, 1.82) is 0 Å². The molecule has 0 radical (unpaired) electrons. The third-order valence-corrected chi connectivity index (χ3v) is 3.71. The molecule has 1 rings (SSSR count). The zero-order valence-corrected chi connectivity index (χ0v) is 12.3. The summed E-state index contributed by atoms with van der Waals surface area (Å²) in [6, 6.07) is -0.601. The highest BCUT2D eigenvalue weighted by Gasteiger charge is 2.29. The van der Waals surface area contributed by atoms with E-state index in [-0.39, 0.29) is 30.3 Å². The maximum Gasteiger partial charge on any atom is 0.236 e. The smallest absolute Gasteiger partial charge is 0.236 e. The molecule has 0 aromatic carbocycles. The van der Waals surface area contributed by atoms with Gasteiger partial charge in [-0.05, 0) is 25.7 Å². The molecule has 3 atom stereocenters. The summed E-state index contributed by atoms with van der Waals surface area (Å²) < 4.78 is 24.9. The Morgan fingerprint density at radius 2 is 2.06 bits per heavy atom. The highest BCUT2D eigenvalue weighted by atomic mass is 35.5. The summed E-state index contributed by atoms with van der Waals surface area (Å²) in [5.74, 6) is -0.0394. The Labute approximate surface area is 115 Å². The monoisotopic (exact) mass is 299 g/mol. The molecule has 0 spiro atoms. The molecule has 2 unspecified atom stereocenters. The zero-order chi connectivity index (χ0) is 13.1. The number of carbonyl (C=O) groups excluding carboxylic acids is 1. The summed E-state index contributed by atoms with van der Waals surface area (Å²) in [7, 11) is -3.18. The van der Waals surface area contributed by atoms with Crippen molar-refractivity contribution in [2.75, 3.05) is 12.8 Å². The summed E-state index contributed by atoms with van der Waals surface area (Å²) in [6.45, 7) is 2.10. The zero-order valence-electron chi connectivity index (χ0n) is 10.7. The molecule has 0 aromatic rings. The van der Waals surface area contributed by atoms with E-state index in [2.05, 4.69) is 10.0 Å². The Kier molecular flexibility index (Phi) is 7.13. The molecule has 6 nitrogen and oxygen atoms in total. The molecule has 18 heavy (non-hydrogen) atoms. The van der Waals surface area contributed by atoms with Gasteiger partial charge in [-0.2, -0.15) is 0 Å². The molecule has 1 amide bonds. The van der Waals surface area contributed by atoms with Crippen LogP contribution in [-0.4, -0.2) is 39.2 Å². The molecule has 0 aromatic heterocycles. The summed E-state index contributed by atoms with van der Waals surface area (Å²) >= 11 is 0. The van der Waals surface area contributed by atoms with Crippen LogP contribution in [0.2, 0.25) is 0 Å². The Morgan fingerprint density at radius 3 is 2.56 bits per heavy atom. The number of halogens is 1. The molecular formula is C10H22ClN3O3S. The second-order valence-corrected chi connectivity index (χ2v) is 6.50. The molecule has 108 valence electrons. The van der Waals surface area contributed by atoms with Crippen LogP contribution < -0.4 is 15.8 Å². The average Bonchev–Trinajstić information content (AvgIpc) is 2.58. The number of hydrogen-bond donors (Lipinski definition) is 3. The molecule has 1 fully saturated rings. The predicted molar refractivity (Wildman–Crippen MR) is 73.0 cm³/mol. The first-order chi connectivity index (χ1) is 7.79. The van der Waals surface area contributed by atoms with Crippen LogP contribution in [0, 0.1) is 5.92 Å².